The fourth-order valence-corrected chi connectivity index (χ4v) is 3.78. The Morgan fingerprint density at radius 3 is 2.48 bits per heavy atom. The van der Waals surface area contributed by atoms with Crippen molar-refractivity contribution in [3.63, 3.8) is 0 Å². The molecule has 0 aliphatic carbocycles. The summed E-state index contributed by atoms with van der Waals surface area (Å²) in [5.74, 6) is -3.78. The summed E-state index contributed by atoms with van der Waals surface area (Å²) in [5.41, 5.74) is -2.06. The average molecular weight is 418 g/mol. The minimum atomic E-state index is -3.15. The van der Waals surface area contributed by atoms with Gasteiger partial charge < -0.3 is 14.6 Å². The lowest BCUT2D eigenvalue weighted by Crippen LogP contribution is -2.51. The number of hydrogen-bond acceptors (Lipinski definition) is 6. The minimum Gasteiger partial charge on any atom is -0.461 e. The predicted molar refractivity (Wildman–Crippen MR) is 103 cm³/mol. The summed E-state index contributed by atoms with van der Waals surface area (Å²) in [6.45, 7) is 11.0. The Balaban J connectivity index is 2.11. The van der Waals surface area contributed by atoms with E-state index in [0.29, 0.717) is 6.42 Å². The lowest BCUT2D eigenvalue weighted by atomic mass is 9.86. The van der Waals surface area contributed by atoms with E-state index in [1.54, 1.807) is 20.8 Å². The van der Waals surface area contributed by atoms with Crippen LogP contribution in [-0.2, 0) is 14.3 Å². The quantitative estimate of drug-likeness (QED) is 0.527. The maximum atomic E-state index is 14.8. The van der Waals surface area contributed by atoms with E-state index in [-0.39, 0.29) is 19.7 Å². The molecule has 2 heterocycles. The number of hydrogen-bond donors (Lipinski definition) is 1. The highest BCUT2D eigenvalue weighted by molar-refractivity contribution is 5.76. The molecule has 2 aliphatic heterocycles. The third-order valence-electron chi connectivity index (χ3n) is 5.41. The molecule has 0 aromatic heterocycles. The summed E-state index contributed by atoms with van der Waals surface area (Å²) < 4.78 is 39.9. The number of likely N-dealkylation sites (tertiary alicyclic amines) is 2. The van der Waals surface area contributed by atoms with E-state index in [9.17, 15) is 23.5 Å². The Morgan fingerprint density at radius 1 is 1.31 bits per heavy atom. The molecule has 2 saturated heterocycles. The standard InChI is InChI=1S/C20H32F2N2O5/c1-7-10-28-16(26)19(5,6)14(25)11-23-9-8-13-15(23)20(21,22)12-24(13)17(27)29-18(2,3)4/h7,13-15,25H,1,8-12H2,2-6H3/t13-,14?,15+/m0/s1. The summed E-state index contributed by atoms with van der Waals surface area (Å²) in [4.78, 5) is 27.2. The molecule has 0 spiro atoms. The third kappa shape index (κ3) is 5.06. The number of carbonyl (C=O) groups excluding carboxylic acids is 2. The second-order valence-corrected chi connectivity index (χ2v) is 9.29. The van der Waals surface area contributed by atoms with Crippen molar-refractivity contribution in [2.45, 2.75) is 70.8 Å². The Kier molecular flexibility index (Phi) is 6.64. The van der Waals surface area contributed by atoms with Gasteiger partial charge in [-0.05, 0) is 41.0 Å². The van der Waals surface area contributed by atoms with Gasteiger partial charge in [-0.3, -0.25) is 14.6 Å². The highest BCUT2D eigenvalue weighted by Crippen LogP contribution is 2.42. The monoisotopic (exact) mass is 418 g/mol. The molecular formula is C20H32F2N2O5. The van der Waals surface area contributed by atoms with Crippen LogP contribution in [-0.4, -0.2) is 82.9 Å². The Bertz CT molecular complexity index is 647. The van der Waals surface area contributed by atoms with E-state index in [4.69, 9.17) is 9.47 Å². The van der Waals surface area contributed by atoms with E-state index in [0.717, 1.165) is 4.90 Å². The van der Waals surface area contributed by atoms with Gasteiger partial charge in [0.15, 0.2) is 0 Å². The molecule has 9 heteroatoms. The molecule has 3 atom stereocenters. The van der Waals surface area contributed by atoms with Crippen LogP contribution in [0.4, 0.5) is 13.6 Å². The van der Waals surface area contributed by atoms with Crippen LogP contribution in [0.3, 0.4) is 0 Å². The molecule has 29 heavy (non-hydrogen) atoms. The van der Waals surface area contributed by atoms with Crippen molar-refractivity contribution < 1.29 is 33.0 Å². The van der Waals surface area contributed by atoms with Crippen LogP contribution in [0.5, 0.6) is 0 Å². The van der Waals surface area contributed by atoms with E-state index in [1.165, 1.54) is 24.8 Å². The molecule has 1 unspecified atom stereocenters. The highest BCUT2D eigenvalue weighted by atomic mass is 19.3. The summed E-state index contributed by atoms with van der Waals surface area (Å²) in [5, 5.41) is 10.6. The Morgan fingerprint density at radius 2 is 1.93 bits per heavy atom. The zero-order chi connectivity index (χ0) is 22.2. The summed E-state index contributed by atoms with van der Waals surface area (Å²) in [7, 11) is 0. The van der Waals surface area contributed by atoms with Gasteiger partial charge in [0.05, 0.1) is 30.1 Å². The minimum absolute atomic E-state index is 0.00627. The van der Waals surface area contributed by atoms with E-state index in [2.05, 4.69) is 6.58 Å². The fraction of sp³-hybridized carbons (Fsp3) is 0.800. The first-order valence-electron chi connectivity index (χ1n) is 9.78. The van der Waals surface area contributed by atoms with Crippen molar-refractivity contribution >= 4 is 12.1 Å². The third-order valence-corrected chi connectivity index (χ3v) is 5.41. The molecule has 2 aliphatic rings. The summed E-state index contributed by atoms with van der Waals surface area (Å²) >= 11 is 0. The number of carbonyl (C=O) groups is 2. The van der Waals surface area contributed by atoms with E-state index < -0.39 is 53.7 Å². The number of alkyl halides is 2. The van der Waals surface area contributed by atoms with Crippen molar-refractivity contribution in [2.75, 3.05) is 26.2 Å². The second kappa shape index (κ2) is 8.18. The molecule has 0 radical (unpaired) electrons. The zero-order valence-corrected chi connectivity index (χ0v) is 17.8. The number of rotatable bonds is 6. The number of β-amino-alcohol motifs (C(OH)–C–C–N with tert-alkyl or cyclic N) is 1. The van der Waals surface area contributed by atoms with Gasteiger partial charge in [0, 0.05) is 13.1 Å². The molecular weight excluding hydrogens is 386 g/mol. The number of ether oxygens (including phenoxy) is 2. The Labute approximate surface area is 170 Å². The fourth-order valence-electron chi connectivity index (χ4n) is 3.78. The van der Waals surface area contributed by atoms with Crippen LogP contribution in [0.2, 0.25) is 0 Å². The number of halogens is 2. The number of aliphatic hydroxyl groups excluding tert-OH is 1. The van der Waals surface area contributed by atoms with Crippen LogP contribution in [0.1, 0.15) is 41.0 Å². The second-order valence-electron chi connectivity index (χ2n) is 9.29. The lowest BCUT2D eigenvalue weighted by molar-refractivity contribution is -0.160. The molecule has 1 amide bonds. The topological polar surface area (TPSA) is 79.3 Å². The molecule has 7 nitrogen and oxygen atoms in total. The molecule has 0 bridgehead atoms. The molecule has 0 saturated carbocycles. The molecule has 2 fully saturated rings. The van der Waals surface area contributed by atoms with Gasteiger partial charge in [-0.2, -0.15) is 0 Å². The van der Waals surface area contributed by atoms with Gasteiger partial charge in [-0.15, -0.1) is 0 Å². The molecule has 0 aromatic carbocycles. The first-order chi connectivity index (χ1) is 13.2. The van der Waals surface area contributed by atoms with Crippen molar-refractivity contribution in [3.05, 3.63) is 12.7 Å². The predicted octanol–water partition coefficient (Wildman–Crippen LogP) is 2.43. The van der Waals surface area contributed by atoms with Crippen molar-refractivity contribution in [1.82, 2.24) is 9.80 Å². The first-order valence-corrected chi connectivity index (χ1v) is 9.78. The number of esters is 1. The van der Waals surface area contributed by atoms with Crippen LogP contribution in [0.25, 0.3) is 0 Å². The van der Waals surface area contributed by atoms with Gasteiger partial charge in [0.25, 0.3) is 5.92 Å². The van der Waals surface area contributed by atoms with Crippen LogP contribution in [0.15, 0.2) is 12.7 Å². The summed E-state index contributed by atoms with van der Waals surface area (Å²) in [6.07, 6.45) is -0.228. The maximum Gasteiger partial charge on any atom is 0.410 e. The molecule has 1 N–H and O–H groups in total. The SMILES string of the molecule is C=CCOC(=O)C(C)(C)C(O)CN1CC[C@H]2[C@@H]1C(F)(F)CN2C(=O)OC(C)(C)C. The van der Waals surface area contributed by atoms with E-state index >= 15 is 0 Å². The molecule has 0 aromatic rings. The van der Waals surface area contributed by atoms with Crippen molar-refractivity contribution in [3.8, 4) is 0 Å². The van der Waals surface area contributed by atoms with Gasteiger partial charge in [-0.25, -0.2) is 13.6 Å². The zero-order valence-electron chi connectivity index (χ0n) is 17.8. The smallest absolute Gasteiger partial charge is 0.410 e. The van der Waals surface area contributed by atoms with Gasteiger partial charge in [0.2, 0.25) is 0 Å². The molecule has 2 rings (SSSR count). The highest BCUT2D eigenvalue weighted by Gasteiger charge is 2.61. The number of nitrogens with zero attached hydrogens (tertiary/aromatic N) is 2. The normalized spacial score (nSPS) is 25.4. The van der Waals surface area contributed by atoms with Gasteiger partial charge in [0.1, 0.15) is 12.2 Å². The number of amides is 1. The average Bonchev–Trinajstić information content (AvgIpc) is 3.10. The van der Waals surface area contributed by atoms with Crippen LogP contribution < -0.4 is 0 Å². The maximum absolute atomic E-state index is 14.8. The number of aliphatic hydroxyl groups is 1. The Hall–Kier alpha value is -1.74. The van der Waals surface area contributed by atoms with Crippen molar-refractivity contribution in [1.29, 1.82) is 0 Å². The van der Waals surface area contributed by atoms with E-state index in [1.807, 2.05) is 0 Å². The van der Waals surface area contributed by atoms with Crippen molar-refractivity contribution in [2.24, 2.45) is 5.41 Å². The number of fused-ring (bicyclic) bond motifs is 1. The van der Waals surface area contributed by atoms with Gasteiger partial charge in [-0.1, -0.05) is 12.7 Å². The lowest BCUT2D eigenvalue weighted by Gasteiger charge is -2.34. The summed E-state index contributed by atoms with van der Waals surface area (Å²) in [6, 6.07) is -1.94. The first kappa shape index (κ1) is 23.5. The molecule has 166 valence electrons. The van der Waals surface area contributed by atoms with Crippen LogP contribution >= 0.6 is 0 Å². The van der Waals surface area contributed by atoms with Gasteiger partial charge >= 0.3 is 12.1 Å². The van der Waals surface area contributed by atoms with Crippen LogP contribution in [0, 0.1) is 5.41 Å². The largest absolute Gasteiger partial charge is 0.461 e.